The number of rotatable bonds is 4. The van der Waals surface area contributed by atoms with E-state index in [2.05, 4.69) is 21.8 Å². The van der Waals surface area contributed by atoms with E-state index >= 15 is 0 Å². The van der Waals surface area contributed by atoms with E-state index in [4.69, 9.17) is 0 Å². The molecule has 1 unspecified atom stereocenters. The molecule has 0 aromatic carbocycles. The SMILES string of the molecule is Cn1nc(C2CCCCC2)cc1NC(=O)CC1CCCN1. The van der Waals surface area contributed by atoms with Crippen molar-refractivity contribution in [3.8, 4) is 0 Å². The van der Waals surface area contributed by atoms with Gasteiger partial charge in [-0.1, -0.05) is 19.3 Å². The van der Waals surface area contributed by atoms with Gasteiger partial charge in [0.1, 0.15) is 5.82 Å². The highest BCUT2D eigenvalue weighted by Gasteiger charge is 2.21. The summed E-state index contributed by atoms with van der Waals surface area (Å²) in [5.41, 5.74) is 1.14. The van der Waals surface area contributed by atoms with Crippen molar-refractivity contribution in [3.05, 3.63) is 11.8 Å². The summed E-state index contributed by atoms with van der Waals surface area (Å²) in [5, 5.41) is 11.0. The molecule has 0 spiro atoms. The monoisotopic (exact) mass is 290 g/mol. The molecule has 1 saturated heterocycles. The van der Waals surface area contributed by atoms with Crippen molar-refractivity contribution in [3.63, 3.8) is 0 Å². The highest BCUT2D eigenvalue weighted by molar-refractivity contribution is 5.90. The van der Waals surface area contributed by atoms with Crippen LogP contribution >= 0.6 is 0 Å². The van der Waals surface area contributed by atoms with Gasteiger partial charge in [0, 0.05) is 31.5 Å². The molecule has 1 aliphatic carbocycles. The van der Waals surface area contributed by atoms with Crippen LogP contribution in [0.25, 0.3) is 0 Å². The number of hydrogen-bond donors (Lipinski definition) is 2. The first kappa shape index (κ1) is 14.6. The number of hydrogen-bond acceptors (Lipinski definition) is 3. The summed E-state index contributed by atoms with van der Waals surface area (Å²) in [6.07, 6.45) is 9.26. The summed E-state index contributed by atoms with van der Waals surface area (Å²) in [5.74, 6) is 1.50. The number of carbonyl (C=O) groups is 1. The maximum absolute atomic E-state index is 12.1. The molecule has 1 aromatic heterocycles. The lowest BCUT2D eigenvalue weighted by molar-refractivity contribution is -0.116. The van der Waals surface area contributed by atoms with E-state index < -0.39 is 0 Å². The van der Waals surface area contributed by atoms with Crippen LogP contribution in [0.1, 0.15) is 63.0 Å². The highest BCUT2D eigenvalue weighted by atomic mass is 16.1. The third-order valence-electron chi connectivity index (χ3n) is 4.78. The lowest BCUT2D eigenvalue weighted by Crippen LogP contribution is -2.27. The molecule has 5 nitrogen and oxygen atoms in total. The molecule has 1 aliphatic heterocycles. The minimum absolute atomic E-state index is 0.0904. The number of nitrogens with zero attached hydrogens (tertiary/aromatic N) is 2. The molecule has 21 heavy (non-hydrogen) atoms. The third-order valence-corrected chi connectivity index (χ3v) is 4.78. The normalized spacial score (nSPS) is 23.4. The molecule has 1 amide bonds. The first-order valence-electron chi connectivity index (χ1n) is 8.29. The van der Waals surface area contributed by atoms with Crippen LogP contribution in [-0.4, -0.2) is 28.3 Å². The molecular weight excluding hydrogens is 264 g/mol. The summed E-state index contributed by atoms with van der Waals surface area (Å²) >= 11 is 0. The number of amides is 1. The Morgan fingerprint density at radius 1 is 1.33 bits per heavy atom. The average Bonchev–Trinajstić information content (AvgIpc) is 3.11. The Bertz CT molecular complexity index is 484. The molecule has 2 fully saturated rings. The fourth-order valence-corrected chi connectivity index (χ4v) is 3.55. The lowest BCUT2D eigenvalue weighted by Gasteiger charge is -2.19. The fourth-order valence-electron chi connectivity index (χ4n) is 3.55. The van der Waals surface area contributed by atoms with Crippen molar-refractivity contribution < 1.29 is 4.79 Å². The minimum atomic E-state index is 0.0904. The molecule has 0 radical (unpaired) electrons. The minimum Gasteiger partial charge on any atom is -0.313 e. The summed E-state index contributed by atoms with van der Waals surface area (Å²) in [6, 6.07) is 2.41. The van der Waals surface area contributed by atoms with Gasteiger partial charge >= 0.3 is 0 Å². The summed E-state index contributed by atoms with van der Waals surface area (Å²) in [7, 11) is 1.91. The van der Waals surface area contributed by atoms with Gasteiger partial charge in [-0.25, -0.2) is 0 Å². The predicted octanol–water partition coefficient (Wildman–Crippen LogP) is 2.55. The Balaban J connectivity index is 1.59. The Kier molecular flexibility index (Phi) is 4.58. The maximum Gasteiger partial charge on any atom is 0.227 e. The number of aromatic nitrogens is 2. The van der Waals surface area contributed by atoms with Gasteiger partial charge in [-0.15, -0.1) is 0 Å². The van der Waals surface area contributed by atoms with E-state index in [1.165, 1.54) is 38.5 Å². The first-order chi connectivity index (χ1) is 10.2. The van der Waals surface area contributed by atoms with Crippen LogP contribution in [0.2, 0.25) is 0 Å². The molecule has 2 aliphatic rings. The Labute approximate surface area is 126 Å². The molecule has 2 heterocycles. The number of anilines is 1. The van der Waals surface area contributed by atoms with Crippen molar-refractivity contribution in [2.45, 2.75) is 63.3 Å². The van der Waals surface area contributed by atoms with Crippen LogP contribution in [0.5, 0.6) is 0 Å². The van der Waals surface area contributed by atoms with E-state index in [0.717, 1.165) is 24.5 Å². The maximum atomic E-state index is 12.1. The zero-order chi connectivity index (χ0) is 14.7. The highest BCUT2D eigenvalue weighted by Crippen LogP contribution is 2.32. The second-order valence-corrected chi connectivity index (χ2v) is 6.46. The first-order valence-corrected chi connectivity index (χ1v) is 8.29. The molecule has 3 rings (SSSR count). The van der Waals surface area contributed by atoms with Crippen LogP contribution in [-0.2, 0) is 11.8 Å². The Morgan fingerprint density at radius 3 is 2.86 bits per heavy atom. The molecule has 5 heteroatoms. The van der Waals surface area contributed by atoms with Crippen LogP contribution in [0.15, 0.2) is 6.07 Å². The summed E-state index contributed by atoms with van der Waals surface area (Å²) < 4.78 is 1.81. The van der Waals surface area contributed by atoms with E-state index in [9.17, 15) is 4.79 Å². The van der Waals surface area contributed by atoms with E-state index in [1.807, 2.05) is 11.7 Å². The quantitative estimate of drug-likeness (QED) is 0.896. The van der Waals surface area contributed by atoms with Crippen LogP contribution in [0.3, 0.4) is 0 Å². The van der Waals surface area contributed by atoms with Gasteiger partial charge in [0.05, 0.1) is 5.69 Å². The molecule has 2 N–H and O–H groups in total. The third kappa shape index (κ3) is 3.64. The lowest BCUT2D eigenvalue weighted by atomic mass is 9.87. The molecule has 1 aromatic rings. The van der Waals surface area contributed by atoms with Gasteiger partial charge in [0.2, 0.25) is 5.91 Å². The van der Waals surface area contributed by atoms with Gasteiger partial charge in [-0.3, -0.25) is 9.48 Å². The van der Waals surface area contributed by atoms with Crippen molar-refractivity contribution in [1.29, 1.82) is 0 Å². The van der Waals surface area contributed by atoms with Crippen molar-refractivity contribution >= 4 is 11.7 Å². The van der Waals surface area contributed by atoms with Gasteiger partial charge in [0.25, 0.3) is 0 Å². The van der Waals surface area contributed by atoms with Crippen LogP contribution < -0.4 is 10.6 Å². The number of aryl methyl sites for hydroxylation is 1. The second-order valence-electron chi connectivity index (χ2n) is 6.46. The van der Waals surface area contributed by atoms with Crippen molar-refractivity contribution in [1.82, 2.24) is 15.1 Å². The Hall–Kier alpha value is -1.36. The van der Waals surface area contributed by atoms with Gasteiger partial charge in [-0.05, 0) is 32.2 Å². The fraction of sp³-hybridized carbons (Fsp3) is 0.750. The summed E-state index contributed by atoms with van der Waals surface area (Å²) in [6.45, 7) is 1.04. The standard InChI is InChI=1S/C16H26N4O/c1-20-15(18-16(21)10-13-8-5-9-17-13)11-14(19-20)12-6-3-2-4-7-12/h11-13,17H,2-10H2,1H3,(H,18,21). The van der Waals surface area contributed by atoms with Crippen molar-refractivity contribution in [2.75, 3.05) is 11.9 Å². The van der Waals surface area contributed by atoms with E-state index in [0.29, 0.717) is 18.4 Å². The topological polar surface area (TPSA) is 59.0 Å². The van der Waals surface area contributed by atoms with Crippen molar-refractivity contribution in [2.24, 2.45) is 7.05 Å². The Morgan fingerprint density at radius 2 is 2.14 bits per heavy atom. The molecule has 1 saturated carbocycles. The zero-order valence-electron chi connectivity index (χ0n) is 12.9. The molecule has 116 valence electrons. The largest absolute Gasteiger partial charge is 0.313 e. The van der Waals surface area contributed by atoms with Crippen LogP contribution in [0, 0.1) is 0 Å². The number of nitrogens with one attached hydrogen (secondary N) is 2. The van der Waals surface area contributed by atoms with Gasteiger partial charge < -0.3 is 10.6 Å². The molecule has 1 atom stereocenters. The van der Waals surface area contributed by atoms with E-state index in [-0.39, 0.29) is 5.91 Å². The van der Waals surface area contributed by atoms with Gasteiger partial charge in [-0.2, -0.15) is 5.10 Å². The summed E-state index contributed by atoms with van der Waals surface area (Å²) in [4.78, 5) is 12.1. The van der Waals surface area contributed by atoms with Gasteiger partial charge in [0.15, 0.2) is 0 Å². The smallest absolute Gasteiger partial charge is 0.227 e. The average molecular weight is 290 g/mol. The molecule has 0 bridgehead atoms. The zero-order valence-corrected chi connectivity index (χ0v) is 12.9. The van der Waals surface area contributed by atoms with E-state index in [1.54, 1.807) is 0 Å². The second kappa shape index (κ2) is 6.60. The molecular formula is C16H26N4O. The number of carbonyl (C=O) groups excluding carboxylic acids is 1. The predicted molar refractivity (Wildman–Crippen MR) is 83.3 cm³/mol. The van der Waals surface area contributed by atoms with Crippen LogP contribution in [0.4, 0.5) is 5.82 Å².